The highest BCUT2D eigenvalue weighted by molar-refractivity contribution is 5.88. The van der Waals surface area contributed by atoms with Gasteiger partial charge in [0.05, 0.1) is 31.1 Å². The summed E-state index contributed by atoms with van der Waals surface area (Å²) in [6.45, 7) is 8.56. The summed E-state index contributed by atoms with van der Waals surface area (Å²) in [4.78, 5) is 26.3. The number of nitrogens with zero attached hydrogens (tertiary/aromatic N) is 5. The molecule has 7 rings (SSSR count). The molecule has 4 aliphatic rings. The van der Waals surface area contributed by atoms with Gasteiger partial charge in [0.2, 0.25) is 5.91 Å². The smallest absolute Gasteiger partial charge is 0.220 e. The first-order chi connectivity index (χ1) is 18.1. The molecule has 1 amide bonds. The topological polar surface area (TPSA) is 84.8 Å². The molecular formula is C28H34N6O3. The van der Waals surface area contributed by atoms with E-state index in [0.717, 1.165) is 73.1 Å². The van der Waals surface area contributed by atoms with E-state index in [0.29, 0.717) is 25.0 Å². The van der Waals surface area contributed by atoms with Gasteiger partial charge in [0.25, 0.3) is 0 Å². The number of pyridine rings is 1. The third-order valence-corrected chi connectivity index (χ3v) is 8.42. The van der Waals surface area contributed by atoms with Crippen LogP contribution in [0.5, 0.6) is 5.75 Å². The van der Waals surface area contributed by atoms with E-state index in [-0.39, 0.29) is 17.9 Å². The molecule has 0 spiro atoms. The van der Waals surface area contributed by atoms with Crippen molar-refractivity contribution in [1.82, 2.24) is 24.8 Å². The summed E-state index contributed by atoms with van der Waals surface area (Å²) < 4.78 is 14.2. The van der Waals surface area contributed by atoms with E-state index >= 15 is 0 Å². The second kappa shape index (κ2) is 9.29. The number of piperazine rings is 1. The van der Waals surface area contributed by atoms with Crippen molar-refractivity contribution < 1.29 is 14.3 Å². The molecule has 1 aromatic carbocycles. The summed E-state index contributed by atoms with van der Waals surface area (Å²) in [7, 11) is 0. The first-order valence-corrected chi connectivity index (χ1v) is 13.6. The Morgan fingerprint density at radius 3 is 2.54 bits per heavy atom. The zero-order chi connectivity index (χ0) is 24.9. The lowest BCUT2D eigenvalue weighted by Gasteiger charge is -2.42. The molecule has 2 aromatic heterocycles. The van der Waals surface area contributed by atoms with Crippen LogP contribution in [0.3, 0.4) is 0 Å². The van der Waals surface area contributed by atoms with Crippen LogP contribution >= 0.6 is 0 Å². The summed E-state index contributed by atoms with van der Waals surface area (Å²) in [6, 6.07) is 9.65. The summed E-state index contributed by atoms with van der Waals surface area (Å²) in [5.41, 5.74) is 4.08. The van der Waals surface area contributed by atoms with E-state index in [1.54, 1.807) is 0 Å². The number of fused-ring (bicyclic) bond motifs is 1. The molecule has 0 radical (unpaired) electrons. The minimum absolute atomic E-state index is 0.0781. The number of hydrogen-bond acceptors (Lipinski definition) is 7. The molecule has 5 heterocycles. The molecule has 3 aromatic rings. The highest BCUT2D eigenvalue weighted by Crippen LogP contribution is 2.41. The maximum absolute atomic E-state index is 11.8. The first kappa shape index (κ1) is 23.0. The van der Waals surface area contributed by atoms with E-state index in [1.807, 2.05) is 12.5 Å². The van der Waals surface area contributed by atoms with Crippen LogP contribution in [0, 0.1) is 5.92 Å². The Kier molecular flexibility index (Phi) is 5.77. The van der Waals surface area contributed by atoms with Gasteiger partial charge in [0, 0.05) is 62.9 Å². The van der Waals surface area contributed by atoms with Crippen molar-refractivity contribution in [3.63, 3.8) is 0 Å². The minimum Gasteiger partial charge on any atom is -0.488 e. The van der Waals surface area contributed by atoms with Crippen LogP contribution in [0.4, 0.5) is 5.82 Å². The monoisotopic (exact) mass is 502 g/mol. The van der Waals surface area contributed by atoms with Crippen LogP contribution in [0.2, 0.25) is 0 Å². The molecule has 9 heteroatoms. The lowest BCUT2D eigenvalue weighted by atomic mass is 10.0. The zero-order valence-electron chi connectivity index (χ0n) is 21.3. The van der Waals surface area contributed by atoms with E-state index in [2.05, 4.69) is 50.9 Å². The van der Waals surface area contributed by atoms with Crippen molar-refractivity contribution in [2.45, 2.75) is 44.4 Å². The number of aromatic nitrogens is 3. The summed E-state index contributed by atoms with van der Waals surface area (Å²) >= 11 is 0. The van der Waals surface area contributed by atoms with Crippen LogP contribution in [0.1, 0.15) is 32.2 Å². The number of ether oxygens (including phenoxy) is 2. The number of imidazole rings is 1. The second-order valence-electron chi connectivity index (χ2n) is 10.9. The van der Waals surface area contributed by atoms with E-state index < -0.39 is 0 Å². The van der Waals surface area contributed by atoms with Crippen molar-refractivity contribution in [3.8, 4) is 16.9 Å². The Morgan fingerprint density at radius 1 is 1.05 bits per heavy atom. The second-order valence-corrected chi connectivity index (χ2v) is 10.9. The van der Waals surface area contributed by atoms with Gasteiger partial charge in [-0.05, 0) is 49.6 Å². The van der Waals surface area contributed by atoms with Crippen LogP contribution in [0.15, 0.2) is 36.8 Å². The lowest BCUT2D eigenvalue weighted by molar-refractivity contribution is -0.119. The van der Waals surface area contributed by atoms with Crippen molar-refractivity contribution in [1.29, 1.82) is 0 Å². The Morgan fingerprint density at radius 2 is 1.89 bits per heavy atom. The Labute approximate surface area is 216 Å². The number of nitrogens with one attached hydrogen (secondary N) is 1. The maximum Gasteiger partial charge on any atom is 0.220 e. The molecule has 1 aliphatic carbocycles. The standard InChI is InChI=1S/C28H34N6O3/c1-18(21-12-27(35)30-14-21)37-25-11-20(10-24-28(25)34(17-31-24)22-3-4-22)19-2-5-26(29-13-19)33-8-6-32(7-9-33)23-15-36-16-23/h2,5,10-11,13,17-18,21-23H,3-4,6-9,12,14-16H2,1H3,(H,30,35)/t18-,21?/m1/s1. The van der Waals surface area contributed by atoms with Crippen LogP contribution in [-0.2, 0) is 9.53 Å². The van der Waals surface area contributed by atoms with Gasteiger partial charge in [-0.25, -0.2) is 9.97 Å². The van der Waals surface area contributed by atoms with Gasteiger partial charge in [-0.3, -0.25) is 9.69 Å². The van der Waals surface area contributed by atoms with Crippen LogP contribution in [-0.4, -0.2) is 83.4 Å². The van der Waals surface area contributed by atoms with E-state index in [4.69, 9.17) is 19.4 Å². The number of carbonyl (C=O) groups excluding carboxylic acids is 1. The lowest BCUT2D eigenvalue weighted by Crippen LogP contribution is -2.56. The number of benzene rings is 1. The summed E-state index contributed by atoms with van der Waals surface area (Å²) in [5.74, 6) is 2.13. The molecule has 0 bridgehead atoms. The molecule has 1 N–H and O–H groups in total. The summed E-state index contributed by atoms with van der Waals surface area (Å²) in [6.07, 6.45) is 6.70. The van der Waals surface area contributed by atoms with Crippen molar-refractivity contribution in [2.24, 2.45) is 5.92 Å². The number of anilines is 1. The number of carbonyl (C=O) groups is 1. The molecule has 2 atom stereocenters. The van der Waals surface area contributed by atoms with Gasteiger partial charge < -0.3 is 24.3 Å². The fraction of sp³-hybridized carbons (Fsp3) is 0.536. The molecule has 3 aliphatic heterocycles. The maximum atomic E-state index is 11.8. The van der Waals surface area contributed by atoms with Gasteiger partial charge in [0.15, 0.2) is 0 Å². The van der Waals surface area contributed by atoms with Crippen molar-refractivity contribution >= 4 is 22.8 Å². The Hall–Kier alpha value is -3.17. The molecule has 37 heavy (non-hydrogen) atoms. The molecule has 1 unspecified atom stereocenters. The first-order valence-electron chi connectivity index (χ1n) is 13.6. The molecule has 1 saturated carbocycles. The third-order valence-electron chi connectivity index (χ3n) is 8.42. The normalized spacial score (nSPS) is 23.8. The predicted molar refractivity (Wildman–Crippen MR) is 141 cm³/mol. The summed E-state index contributed by atoms with van der Waals surface area (Å²) in [5, 5.41) is 2.93. The highest BCUT2D eigenvalue weighted by atomic mass is 16.5. The average Bonchev–Trinajstić information content (AvgIpc) is 3.48. The molecule has 194 valence electrons. The van der Waals surface area contributed by atoms with Gasteiger partial charge in [-0.2, -0.15) is 0 Å². The number of rotatable bonds is 7. The van der Waals surface area contributed by atoms with Gasteiger partial charge in [0.1, 0.15) is 23.2 Å². The predicted octanol–water partition coefficient (Wildman–Crippen LogP) is 2.86. The average molecular weight is 503 g/mol. The SMILES string of the molecule is C[C@@H](Oc1cc(-c2ccc(N3CCN(C4COC4)CC3)nc2)cc2ncn(C3CC3)c12)C1CNC(=O)C1. The zero-order valence-corrected chi connectivity index (χ0v) is 21.3. The Bertz CT molecular complexity index is 1290. The molecule has 9 nitrogen and oxygen atoms in total. The third kappa shape index (κ3) is 4.44. The van der Waals surface area contributed by atoms with Crippen LogP contribution < -0.4 is 15.0 Å². The Balaban J connectivity index is 1.13. The van der Waals surface area contributed by atoms with Crippen LogP contribution in [0.25, 0.3) is 22.2 Å². The molecule has 3 saturated heterocycles. The van der Waals surface area contributed by atoms with E-state index in [9.17, 15) is 4.79 Å². The minimum atomic E-state index is -0.0781. The highest BCUT2D eigenvalue weighted by Gasteiger charge is 2.31. The fourth-order valence-electron chi connectivity index (χ4n) is 5.77. The van der Waals surface area contributed by atoms with Gasteiger partial charge >= 0.3 is 0 Å². The van der Waals surface area contributed by atoms with Crippen molar-refractivity contribution in [2.75, 3.05) is 50.8 Å². The van der Waals surface area contributed by atoms with Gasteiger partial charge in [-0.1, -0.05) is 0 Å². The largest absolute Gasteiger partial charge is 0.488 e. The number of hydrogen-bond donors (Lipinski definition) is 1. The fourth-order valence-corrected chi connectivity index (χ4v) is 5.77. The molecular weight excluding hydrogens is 468 g/mol. The quantitative estimate of drug-likeness (QED) is 0.532. The van der Waals surface area contributed by atoms with Gasteiger partial charge in [-0.15, -0.1) is 0 Å². The van der Waals surface area contributed by atoms with E-state index in [1.165, 1.54) is 12.8 Å². The number of amides is 1. The van der Waals surface area contributed by atoms with Crippen molar-refractivity contribution in [3.05, 3.63) is 36.8 Å². The molecule has 4 fully saturated rings.